The van der Waals surface area contributed by atoms with Crippen molar-refractivity contribution in [2.24, 2.45) is 0 Å². The second-order valence-electron chi connectivity index (χ2n) is 8.83. The third-order valence-electron chi connectivity index (χ3n) is 5.69. The van der Waals surface area contributed by atoms with Gasteiger partial charge in [-0.1, -0.05) is 95.6 Å². The van der Waals surface area contributed by atoms with Crippen LogP contribution in [0.3, 0.4) is 0 Å². The number of ether oxygens (including phenoxy) is 3. The Hall–Kier alpha value is -4.09. The van der Waals surface area contributed by atoms with E-state index < -0.39 is 34.1 Å². The second kappa shape index (κ2) is 13.5. The zero-order valence-corrected chi connectivity index (χ0v) is 21.1. The fourth-order valence-corrected chi connectivity index (χ4v) is 3.47. The number of hydroxylamine groups is 6. The third kappa shape index (κ3) is 8.22. The molecule has 10 heteroatoms. The van der Waals surface area contributed by atoms with Crippen LogP contribution in [0.1, 0.15) is 23.1 Å². The summed E-state index contributed by atoms with van der Waals surface area (Å²) in [5.74, 6) is 0. The number of quaternary nitrogens is 2. The van der Waals surface area contributed by atoms with Gasteiger partial charge in [0.15, 0.2) is 0 Å². The molecular weight excluding hydrogens is 492 g/mol. The smallest absolute Gasteiger partial charge is 0.413 e. The first-order chi connectivity index (χ1) is 18.2. The zero-order chi connectivity index (χ0) is 27.4. The van der Waals surface area contributed by atoms with Gasteiger partial charge in [0.05, 0.1) is 6.42 Å². The van der Waals surface area contributed by atoms with E-state index in [1.807, 2.05) is 6.07 Å². The summed E-state index contributed by atoms with van der Waals surface area (Å²) in [5, 5.41) is 21.7. The van der Waals surface area contributed by atoms with Crippen molar-refractivity contribution in [3.05, 3.63) is 108 Å². The molecule has 0 fully saturated rings. The molecule has 3 amide bonds. The van der Waals surface area contributed by atoms with E-state index in [9.17, 15) is 24.8 Å². The first-order valence-corrected chi connectivity index (χ1v) is 12.0. The van der Waals surface area contributed by atoms with Crippen LogP contribution in [0.2, 0.25) is 0 Å². The van der Waals surface area contributed by atoms with E-state index in [1.54, 1.807) is 84.9 Å². The number of amides is 3. The number of hydrogen-bond acceptors (Lipinski definition) is 8. The highest BCUT2D eigenvalue weighted by molar-refractivity contribution is 5.75. The summed E-state index contributed by atoms with van der Waals surface area (Å²) < 4.78 is 12.6. The molecule has 38 heavy (non-hydrogen) atoms. The number of hydrogen-bond donors (Lipinski definition) is 2. The van der Waals surface area contributed by atoms with Gasteiger partial charge < -0.3 is 14.2 Å². The van der Waals surface area contributed by atoms with E-state index in [-0.39, 0.29) is 32.8 Å². The molecular formula is C28H32N2O8+2. The van der Waals surface area contributed by atoms with Crippen molar-refractivity contribution in [2.75, 3.05) is 20.1 Å². The fraction of sp³-hybridized carbons (Fsp3) is 0.250. The SMILES string of the molecule is C[N+](O)(CCC[N+](O)(C(=O)OCc1ccccc1)C(=O)OCc1ccccc1)C(=O)OCc1ccccc1. The Balaban J connectivity index is 1.62. The van der Waals surface area contributed by atoms with Gasteiger partial charge in [0.1, 0.15) is 40.0 Å². The maximum absolute atomic E-state index is 12.9. The summed E-state index contributed by atoms with van der Waals surface area (Å²) in [6.45, 7) is -1.16. The van der Waals surface area contributed by atoms with Crippen molar-refractivity contribution >= 4 is 18.3 Å². The maximum Gasteiger partial charge on any atom is 0.561 e. The zero-order valence-electron chi connectivity index (χ0n) is 21.1. The van der Waals surface area contributed by atoms with Gasteiger partial charge in [-0.25, -0.2) is 5.21 Å². The van der Waals surface area contributed by atoms with E-state index in [4.69, 9.17) is 14.2 Å². The van der Waals surface area contributed by atoms with E-state index in [2.05, 4.69) is 0 Å². The number of carbonyl (C=O) groups is 3. The van der Waals surface area contributed by atoms with Crippen molar-refractivity contribution in [3.8, 4) is 0 Å². The summed E-state index contributed by atoms with van der Waals surface area (Å²) in [5.41, 5.74) is 2.06. The molecule has 0 saturated heterocycles. The summed E-state index contributed by atoms with van der Waals surface area (Å²) in [6.07, 6.45) is -3.55. The molecule has 0 aliphatic rings. The predicted octanol–water partition coefficient (Wildman–Crippen LogP) is 5.43. The molecule has 0 heterocycles. The van der Waals surface area contributed by atoms with E-state index >= 15 is 0 Å². The Labute approximate surface area is 220 Å². The van der Waals surface area contributed by atoms with Gasteiger partial charge in [0.25, 0.3) is 0 Å². The number of benzene rings is 3. The van der Waals surface area contributed by atoms with Gasteiger partial charge in [-0.2, -0.15) is 19.6 Å². The highest BCUT2D eigenvalue weighted by Crippen LogP contribution is 2.16. The molecule has 0 aliphatic heterocycles. The number of nitrogens with zero attached hydrogens (tertiary/aromatic N) is 2. The van der Waals surface area contributed by atoms with Crippen LogP contribution in [0.4, 0.5) is 14.4 Å². The molecule has 3 aromatic carbocycles. The Kier molecular flexibility index (Phi) is 10.1. The van der Waals surface area contributed by atoms with Crippen molar-refractivity contribution in [1.82, 2.24) is 0 Å². The molecule has 3 rings (SSSR count). The summed E-state index contributed by atoms with van der Waals surface area (Å²) in [4.78, 5) is 38.2. The number of imide groups is 1. The predicted molar refractivity (Wildman–Crippen MR) is 134 cm³/mol. The minimum Gasteiger partial charge on any atom is -0.413 e. The quantitative estimate of drug-likeness (QED) is 0.156. The van der Waals surface area contributed by atoms with Gasteiger partial charge in [-0.3, -0.25) is 0 Å². The molecule has 2 N–H and O–H groups in total. The molecule has 200 valence electrons. The van der Waals surface area contributed by atoms with E-state index in [1.165, 1.54) is 7.05 Å². The van der Waals surface area contributed by atoms with Crippen LogP contribution >= 0.6 is 0 Å². The minimum absolute atomic E-state index is 0.0360. The van der Waals surface area contributed by atoms with Crippen molar-refractivity contribution in [2.45, 2.75) is 26.2 Å². The maximum atomic E-state index is 12.9. The van der Waals surface area contributed by atoms with E-state index in [0.29, 0.717) is 11.1 Å². The minimum atomic E-state index is -1.82. The molecule has 0 bridgehead atoms. The molecule has 0 spiro atoms. The average molecular weight is 525 g/mol. The molecule has 0 saturated carbocycles. The van der Waals surface area contributed by atoms with Gasteiger partial charge >= 0.3 is 18.3 Å². The Morgan fingerprint density at radius 2 is 0.921 bits per heavy atom. The third-order valence-corrected chi connectivity index (χ3v) is 5.69. The molecule has 0 aromatic heterocycles. The lowest BCUT2D eigenvalue weighted by Gasteiger charge is -2.25. The first-order valence-electron chi connectivity index (χ1n) is 12.0. The van der Waals surface area contributed by atoms with Crippen molar-refractivity contribution in [3.63, 3.8) is 0 Å². The summed E-state index contributed by atoms with van der Waals surface area (Å²) in [7, 11) is 1.21. The van der Waals surface area contributed by atoms with Crippen LogP contribution in [-0.2, 0) is 34.0 Å². The fourth-order valence-electron chi connectivity index (χ4n) is 3.47. The lowest BCUT2D eigenvalue weighted by Crippen LogP contribution is -2.57. The van der Waals surface area contributed by atoms with Gasteiger partial charge in [-0.15, -0.1) is 0 Å². The van der Waals surface area contributed by atoms with Crippen LogP contribution in [0.5, 0.6) is 0 Å². The molecule has 1 unspecified atom stereocenters. The van der Waals surface area contributed by atoms with Crippen LogP contribution in [0, 0.1) is 0 Å². The lowest BCUT2D eigenvalue weighted by atomic mass is 10.2. The Morgan fingerprint density at radius 1 is 0.579 bits per heavy atom. The standard InChI is InChI=1S/C28H32N2O8/c1-29(34,26(31)36-20-23-12-5-2-6-13-23)18-11-19-30(35,27(32)37-21-24-14-7-3-8-15-24)28(33)38-22-25-16-9-4-10-17-25/h2-10,12-17,34-35H,11,18-22H2,1H3/q+2. The number of rotatable bonds is 10. The van der Waals surface area contributed by atoms with Crippen molar-refractivity contribution in [1.29, 1.82) is 0 Å². The summed E-state index contributed by atoms with van der Waals surface area (Å²) in [6, 6.07) is 26.5. The highest BCUT2D eigenvalue weighted by atomic mass is 16.7. The first kappa shape index (κ1) is 28.5. The van der Waals surface area contributed by atoms with E-state index in [0.717, 1.165) is 5.56 Å². The van der Waals surface area contributed by atoms with Crippen LogP contribution in [0.25, 0.3) is 0 Å². The topological polar surface area (TPSA) is 119 Å². The lowest BCUT2D eigenvalue weighted by molar-refractivity contribution is -1.03. The van der Waals surface area contributed by atoms with Gasteiger partial charge in [0, 0.05) is 4.65 Å². The second-order valence-corrected chi connectivity index (χ2v) is 8.83. The Morgan fingerprint density at radius 3 is 1.29 bits per heavy atom. The average Bonchev–Trinajstić information content (AvgIpc) is 2.94. The van der Waals surface area contributed by atoms with Gasteiger partial charge in [0.2, 0.25) is 0 Å². The van der Waals surface area contributed by atoms with Gasteiger partial charge in [-0.05, 0) is 16.7 Å². The monoisotopic (exact) mass is 524 g/mol. The largest absolute Gasteiger partial charge is 0.561 e. The van der Waals surface area contributed by atoms with Crippen molar-refractivity contribution < 1.29 is 48.3 Å². The van der Waals surface area contributed by atoms with Crippen LogP contribution in [0.15, 0.2) is 91.0 Å². The normalized spacial score (nSPS) is 12.7. The summed E-state index contributed by atoms with van der Waals surface area (Å²) >= 11 is 0. The van der Waals surface area contributed by atoms with Crippen LogP contribution < -0.4 is 0 Å². The highest BCUT2D eigenvalue weighted by Gasteiger charge is 2.49. The molecule has 10 nitrogen and oxygen atoms in total. The Bertz CT molecular complexity index is 1130. The number of carbonyl (C=O) groups excluding carboxylic acids is 3. The molecule has 0 radical (unpaired) electrons. The van der Waals surface area contributed by atoms with Crippen LogP contribution in [-0.4, -0.2) is 58.1 Å². The molecule has 1 atom stereocenters. The molecule has 3 aromatic rings. The molecule has 0 aliphatic carbocycles.